The van der Waals surface area contributed by atoms with E-state index in [4.69, 9.17) is 15.0 Å². The smallest absolute Gasteiger partial charge is 0.260 e. The summed E-state index contributed by atoms with van der Waals surface area (Å²) in [6, 6.07) is 7.07. The third kappa shape index (κ3) is 2.77. The van der Waals surface area contributed by atoms with Crippen LogP contribution in [0.25, 0.3) is 0 Å². The summed E-state index contributed by atoms with van der Waals surface area (Å²) >= 11 is 0. The molecule has 0 radical (unpaired) electrons. The Balaban J connectivity index is 1.91. The number of aryl methyl sites for hydroxylation is 2. The molecule has 1 aromatic carbocycles. The van der Waals surface area contributed by atoms with Crippen LogP contribution in [0.2, 0.25) is 0 Å². The maximum atomic E-state index is 12.7. The summed E-state index contributed by atoms with van der Waals surface area (Å²) in [5, 5.41) is 3.86. The van der Waals surface area contributed by atoms with Crippen LogP contribution in [0.5, 0.6) is 5.75 Å². The van der Waals surface area contributed by atoms with E-state index in [2.05, 4.69) is 5.16 Å². The van der Waals surface area contributed by atoms with Crippen LogP contribution in [0, 0.1) is 13.8 Å². The number of benzene rings is 1. The first-order valence-corrected chi connectivity index (χ1v) is 7.24. The van der Waals surface area contributed by atoms with E-state index in [1.807, 2.05) is 6.07 Å². The minimum Gasteiger partial charge on any atom is -0.477 e. The summed E-state index contributed by atoms with van der Waals surface area (Å²) in [7, 11) is 0. The van der Waals surface area contributed by atoms with E-state index in [1.54, 1.807) is 32.0 Å². The van der Waals surface area contributed by atoms with Crippen molar-refractivity contribution in [2.75, 3.05) is 11.4 Å². The molecule has 0 bridgehead atoms. The van der Waals surface area contributed by atoms with Gasteiger partial charge in [0.1, 0.15) is 11.5 Å². The lowest BCUT2D eigenvalue weighted by atomic mass is 10.1. The molecule has 120 valence electrons. The highest BCUT2D eigenvalue weighted by Crippen LogP contribution is 2.33. The highest BCUT2D eigenvalue weighted by atomic mass is 16.5. The molecule has 7 heteroatoms. The number of aromatic nitrogens is 1. The van der Waals surface area contributed by atoms with Gasteiger partial charge in [-0.3, -0.25) is 9.59 Å². The Bertz CT molecular complexity index is 749. The van der Waals surface area contributed by atoms with Gasteiger partial charge in [0.2, 0.25) is 5.91 Å². The number of fused-ring (bicyclic) bond motifs is 1. The van der Waals surface area contributed by atoms with Crippen molar-refractivity contribution in [1.29, 1.82) is 0 Å². The Morgan fingerprint density at radius 3 is 2.74 bits per heavy atom. The number of primary amides is 1. The van der Waals surface area contributed by atoms with Crippen molar-refractivity contribution >= 4 is 17.5 Å². The zero-order valence-electron chi connectivity index (χ0n) is 12.9. The molecule has 1 aliphatic rings. The summed E-state index contributed by atoms with van der Waals surface area (Å²) < 4.78 is 10.6. The summed E-state index contributed by atoms with van der Waals surface area (Å²) in [4.78, 5) is 25.8. The number of carbonyl (C=O) groups excluding carboxylic acids is 2. The highest BCUT2D eigenvalue weighted by Gasteiger charge is 2.33. The van der Waals surface area contributed by atoms with Gasteiger partial charge in [0.25, 0.3) is 5.91 Å². The highest BCUT2D eigenvalue weighted by molar-refractivity contribution is 5.98. The van der Waals surface area contributed by atoms with Crippen LogP contribution >= 0.6 is 0 Å². The van der Waals surface area contributed by atoms with Gasteiger partial charge in [-0.25, -0.2) is 0 Å². The van der Waals surface area contributed by atoms with Crippen molar-refractivity contribution in [3.05, 3.63) is 41.3 Å². The molecular weight excluding hydrogens is 298 g/mol. The standard InChI is InChI=1S/C16H17N3O4/c1-9-11(10(2)23-18-9)7-15(20)19-8-14(16(17)21)22-13-6-4-3-5-12(13)19/h3-6,14H,7-8H2,1-2H3,(H2,17,21)/t14-/m1/s1. The molecule has 2 aromatic rings. The SMILES string of the molecule is Cc1noc(C)c1CC(=O)N1C[C@H](C(N)=O)Oc2ccccc21. The molecule has 0 aliphatic carbocycles. The maximum Gasteiger partial charge on any atom is 0.260 e. The minimum atomic E-state index is -0.862. The summed E-state index contributed by atoms with van der Waals surface area (Å²) in [5.74, 6) is 0.314. The minimum absolute atomic E-state index is 0.0918. The fraction of sp³-hybridized carbons (Fsp3) is 0.312. The molecule has 0 unspecified atom stereocenters. The Labute approximate surface area is 133 Å². The lowest BCUT2D eigenvalue weighted by molar-refractivity contribution is -0.125. The lowest BCUT2D eigenvalue weighted by Gasteiger charge is -2.33. The second-order valence-electron chi connectivity index (χ2n) is 5.46. The molecule has 1 aliphatic heterocycles. The zero-order chi connectivity index (χ0) is 16.6. The fourth-order valence-electron chi connectivity index (χ4n) is 2.62. The fourth-order valence-corrected chi connectivity index (χ4v) is 2.62. The number of amides is 2. The van der Waals surface area contributed by atoms with Gasteiger partial charge in [0, 0.05) is 5.56 Å². The number of hydrogen-bond donors (Lipinski definition) is 1. The van der Waals surface area contributed by atoms with E-state index >= 15 is 0 Å². The number of rotatable bonds is 3. The summed E-state index contributed by atoms with van der Waals surface area (Å²) in [6.07, 6.45) is -0.723. The number of carbonyl (C=O) groups is 2. The number of anilines is 1. The van der Waals surface area contributed by atoms with Gasteiger partial charge in [-0.1, -0.05) is 17.3 Å². The van der Waals surface area contributed by atoms with E-state index in [0.717, 1.165) is 5.56 Å². The molecule has 0 fully saturated rings. The van der Waals surface area contributed by atoms with E-state index in [1.165, 1.54) is 4.90 Å². The topological polar surface area (TPSA) is 98.7 Å². The van der Waals surface area contributed by atoms with Crippen LogP contribution in [0.1, 0.15) is 17.0 Å². The van der Waals surface area contributed by atoms with Crippen molar-refractivity contribution in [3.8, 4) is 5.75 Å². The van der Waals surface area contributed by atoms with E-state index < -0.39 is 12.0 Å². The molecule has 2 amide bonds. The van der Waals surface area contributed by atoms with Gasteiger partial charge in [0.05, 0.1) is 24.3 Å². The van der Waals surface area contributed by atoms with Crippen LogP contribution < -0.4 is 15.4 Å². The zero-order valence-corrected chi connectivity index (χ0v) is 12.9. The first-order valence-electron chi connectivity index (χ1n) is 7.24. The maximum absolute atomic E-state index is 12.7. The van der Waals surface area contributed by atoms with Crippen LogP contribution in [0.3, 0.4) is 0 Å². The van der Waals surface area contributed by atoms with E-state index in [0.29, 0.717) is 22.9 Å². The van der Waals surface area contributed by atoms with Crippen LogP contribution in [-0.4, -0.2) is 29.6 Å². The number of para-hydroxylation sites is 2. The Morgan fingerprint density at radius 1 is 1.35 bits per heavy atom. The van der Waals surface area contributed by atoms with Gasteiger partial charge >= 0.3 is 0 Å². The molecule has 0 saturated heterocycles. The monoisotopic (exact) mass is 315 g/mol. The van der Waals surface area contributed by atoms with Crippen molar-refractivity contribution < 1.29 is 18.8 Å². The lowest BCUT2D eigenvalue weighted by Crippen LogP contribution is -2.49. The second-order valence-corrected chi connectivity index (χ2v) is 5.46. The van der Waals surface area contributed by atoms with Gasteiger partial charge in [-0.15, -0.1) is 0 Å². The van der Waals surface area contributed by atoms with Crippen LogP contribution in [0.4, 0.5) is 5.69 Å². The molecule has 23 heavy (non-hydrogen) atoms. The normalized spacial score (nSPS) is 16.6. The molecule has 3 rings (SSSR count). The van der Waals surface area contributed by atoms with Crippen LogP contribution in [0.15, 0.2) is 28.8 Å². The van der Waals surface area contributed by atoms with Crippen LogP contribution in [-0.2, 0) is 16.0 Å². The Kier molecular flexibility index (Phi) is 3.77. The Morgan fingerprint density at radius 2 is 2.09 bits per heavy atom. The largest absolute Gasteiger partial charge is 0.477 e. The molecular formula is C16H17N3O4. The predicted octanol–water partition coefficient (Wildman–Crippen LogP) is 1.11. The number of nitrogens with two attached hydrogens (primary N) is 1. The summed E-state index contributed by atoms with van der Waals surface area (Å²) in [5.41, 5.74) is 7.41. The second kappa shape index (κ2) is 5.75. The number of hydrogen-bond acceptors (Lipinski definition) is 5. The van der Waals surface area contributed by atoms with Gasteiger partial charge in [-0.05, 0) is 26.0 Å². The number of ether oxygens (including phenoxy) is 1. The molecule has 2 heterocycles. The molecule has 1 atom stereocenters. The first-order chi connectivity index (χ1) is 11.0. The third-order valence-corrected chi connectivity index (χ3v) is 3.90. The van der Waals surface area contributed by atoms with Gasteiger partial charge in [0.15, 0.2) is 6.10 Å². The predicted molar refractivity (Wildman–Crippen MR) is 82.1 cm³/mol. The molecule has 2 N–H and O–H groups in total. The van der Waals surface area contributed by atoms with E-state index in [9.17, 15) is 9.59 Å². The van der Waals surface area contributed by atoms with Crippen molar-refractivity contribution in [1.82, 2.24) is 5.16 Å². The third-order valence-electron chi connectivity index (χ3n) is 3.90. The van der Waals surface area contributed by atoms with Gasteiger partial charge < -0.3 is 19.9 Å². The van der Waals surface area contributed by atoms with Crippen molar-refractivity contribution in [2.45, 2.75) is 26.4 Å². The van der Waals surface area contributed by atoms with E-state index in [-0.39, 0.29) is 18.9 Å². The number of nitrogens with zero attached hydrogens (tertiary/aromatic N) is 2. The van der Waals surface area contributed by atoms with Gasteiger partial charge in [-0.2, -0.15) is 0 Å². The molecule has 0 saturated carbocycles. The summed E-state index contributed by atoms with van der Waals surface area (Å²) in [6.45, 7) is 3.65. The molecule has 7 nitrogen and oxygen atoms in total. The van der Waals surface area contributed by atoms with Crippen molar-refractivity contribution in [3.63, 3.8) is 0 Å². The van der Waals surface area contributed by atoms with Crippen molar-refractivity contribution in [2.24, 2.45) is 5.73 Å². The first kappa shape index (κ1) is 15.1. The quantitative estimate of drug-likeness (QED) is 0.915. The average Bonchev–Trinajstić information content (AvgIpc) is 2.85. The molecule has 0 spiro atoms. The molecule has 1 aromatic heterocycles. The average molecular weight is 315 g/mol. The Hall–Kier alpha value is -2.83.